The first-order chi connectivity index (χ1) is 7.23. The SMILES string of the molecule is CC(C(O)c1ccc(F)cc1F)S(C)(=O)=O. The van der Waals surface area contributed by atoms with E-state index >= 15 is 0 Å². The summed E-state index contributed by atoms with van der Waals surface area (Å²) in [5.41, 5.74) is -0.223. The molecule has 0 spiro atoms. The number of hydrogen-bond acceptors (Lipinski definition) is 3. The number of hydrogen-bond donors (Lipinski definition) is 1. The van der Waals surface area contributed by atoms with E-state index in [-0.39, 0.29) is 5.56 Å². The Kier molecular flexibility index (Phi) is 3.64. The van der Waals surface area contributed by atoms with Crippen molar-refractivity contribution in [2.45, 2.75) is 18.3 Å². The third kappa shape index (κ3) is 2.76. The molecule has 0 aromatic heterocycles. The van der Waals surface area contributed by atoms with Gasteiger partial charge in [0.15, 0.2) is 9.84 Å². The molecule has 0 heterocycles. The molecule has 1 aromatic rings. The van der Waals surface area contributed by atoms with Gasteiger partial charge in [0.25, 0.3) is 0 Å². The van der Waals surface area contributed by atoms with Gasteiger partial charge in [-0.25, -0.2) is 17.2 Å². The highest BCUT2D eigenvalue weighted by Crippen LogP contribution is 2.24. The normalized spacial score (nSPS) is 15.8. The minimum Gasteiger partial charge on any atom is -0.387 e. The van der Waals surface area contributed by atoms with Gasteiger partial charge in [0.1, 0.15) is 11.6 Å². The van der Waals surface area contributed by atoms with E-state index in [1.165, 1.54) is 6.92 Å². The van der Waals surface area contributed by atoms with Gasteiger partial charge in [-0.2, -0.15) is 0 Å². The summed E-state index contributed by atoms with van der Waals surface area (Å²) < 4.78 is 48.2. The van der Waals surface area contributed by atoms with Gasteiger partial charge in [-0.15, -0.1) is 0 Å². The number of aliphatic hydroxyl groups is 1. The first-order valence-corrected chi connectivity index (χ1v) is 6.51. The van der Waals surface area contributed by atoms with Crippen molar-refractivity contribution in [2.75, 3.05) is 6.26 Å². The Morgan fingerprint density at radius 2 is 1.88 bits per heavy atom. The molecule has 16 heavy (non-hydrogen) atoms. The Hall–Kier alpha value is -1.01. The average Bonchev–Trinajstić information content (AvgIpc) is 2.14. The maximum atomic E-state index is 13.3. The van der Waals surface area contributed by atoms with Crippen LogP contribution in [0.15, 0.2) is 18.2 Å². The molecule has 3 nitrogen and oxygen atoms in total. The molecule has 0 aliphatic rings. The second-order valence-electron chi connectivity index (χ2n) is 3.65. The van der Waals surface area contributed by atoms with Crippen molar-refractivity contribution < 1.29 is 22.3 Å². The number of halogens is 2. The lowest BCUT2D eigenvalue weighted by molar-refractivity contribution is 0.171. The summed E-state index contributed by atoms with van der Waals surface area (Å²) in [5, 5.41) is 8.51. The Bertz CT molecular complexity index is 485. The summed E-state index contributed by atoms with van der Waals surface area (Å²) in [4.78, 5) is 0. The summed E-state index contributed by atoms with van der Waals surface area (Å²) in [7, 11) is -3.49. The van der Waals surface area contributed by atoms with Crippen LogP contribution in [0.25, 0.3) is 0 Å². The number of sulfone groups is 1. The van der Waals surface area contributed by atoms with E-state index < -0.39 is 32.8 Å². The van der Waals surface area contributed by atoms with Crippen molar-refractivity contribution in [2.24, 2.45) is 0 Å². The van der Waals surface area contributed by atoms with Gasteiger partial charge >= 0.3 is 0 Å². The molecule has 0 fully saturated rings. The van der Waals surface area contributed by atoms with Crippen LogP contribution in [0.4, 0.5) is 8.78 Å². The van der Waals surface area contributed by atoms with Crippen LogP contribution in [0.1, 0.15) is 18.6 Å². The van der Waals surface area contributed by atoms with Gasteiger partial charge in [-0.3, -0.25) is 0 Å². The lowest BCUT2D eigenvalue weighted by atomic mass is 10.1. The third-order valence-electron chi connectivity index (χ3n) is 2.40. The highest BCUT2D eigenvalue weighted by atomic mass is 32.2. The van der Waals surface area contributed by atoms with Crippen molar-refractivity contribution in [3.05, 3.63) is 35.4 Å². The maximum absolute atomic E-state index is 13.3. The second kappa shape index (κ2) is 4.47. The molecule has 2 unspecified atom stereocenters. The Balaban J connectivity index is 3.10. The zero-order valence-corrected chi connectivity index (χ0v) is 9.63. The number of aliphatic hydroxyl groups excluding tert-OH is 1. The highest BCUT2D eigenvalue weighted by Gasteiger charge is 2.27. The molecule has 0 bridgehead atoms. The average molecular weight is 250 g/mol. The molecule has 6 heteroatoms. The Labute approximate surface area is 92.6 Å². The Morgan fingerprint density at radius 1 is 1.31 bits per heavy atom. The molecule has 0 amide bonds. The van der Waals surface area contributed by atoms with Crippen LogP contribution in [0.5, 0.6) is 0 Å². The summed E-state index contributed by atoms with van der Waals surface area (Å²) in [5.74, 6) is -1.73. The van der Waals surface area contributed by atoms with Gasteiger partial charge in [0, 0.05) is 17.9 Å². The fourth-order valence-electron chi connectivity index (χ4n) is 1.23. The topological polar surface area (TPSA) is 54.4 Å². The summed E-state index contributed by atoms with van der Waals surface area (Å²) >= 11 is 0. The predicted octanol–water partition coefficient (Wildman–Crippen LogP) is 1.43. The second-order valence-corrected chi connectivity index (χ2v) is 6.05. The third-order valence-corrected chi connectivity index (χ3v) is 4.01. The van der Waals surface area contributed by atoms with E-state index in [0.29, 0.717) is 6.07 Å². The maximum Gasteiger partial charge on any atom is 0.152 e. The molecule has 0 radical (unpaired) electrons. The molecular formula is C10H12F2O3S. The largest absolute Gasteiger partial charge is 0.387 e. The lowest BCUT2D eigenvalue weighted by Crippen LogP contribution is -2.25. The molecule has 1 rings (SSSR count). The van der Waals surface area contributed by atoms with E-state index in [1.54, 1.807) is 0 Å². The molecule has 0 aliphatic carbocycles. The fourth-order valence-corrected chi connectivity index (χ4v) is 1.84. The molecule has 0 aliphatic heterocycles. The van der Waals surface area contributed by atoms with Crippen LogP contribution in [0.2, 0.25) is 0 Å². The molecular weight excluding hydrogens is 238 g/mol. The van der Waals surface area contributed by atoms with E-state index in [0.717, 1.165) is 18.4 Å². The van der Waals surface area contributed by atoms with Gasteiger partial charge in [0.2, 0.25) is 0 Å². The van der Waals surface area contributed by atoms with Gasteiger partial charge in [0.05, 0.1) is 11.4 Å². The fraction of sp³-hybridized carbons (Fsp3) is 0.400. The zero-order valence-electron chi connectivity index (χ0n) is 8.81. The van der Waals surface area contributed by atoms with Crippen molar-refractivity contribution in [1.29, 1.82) is 0 Å². The summed E-state index contributed by atoms with van der Waals surface area (Å²) in [6.45, 7) is 1.27. The molecule has 90 valence electrons. The van der Waals surface area contributed by atoms with Crippen LogP contribution < -0.4 is 0 Å². The van der Waals surface area contributed by atoms with Crippen molar-refractivity contribution in [1.82, 2.24) is 0 Å². The number of benzene rings is 1. The van der Waals surface area contributed by atoms with Gasteiger partial charge in [-0.1, -0.05) is 6.07 Å². The van der Waals surface area contributed by atoms with Crippen LogP contribution in [0.3, 0.4) is 0 Å². The molecule has 0 saturated carbocycles. The van der Waals surface area contributed by atoms with Gasteiger partial charge in [-0.05, 0) is 13.0 Å². The lowest BCUT2D eigenvalue weighted by Gasteiger charge is -2.17. The van der Waals surface area contributed by atoms with Crippen molar-refractivity contribution in [3.63, 3.8) is 0 Å². The zero-order chi connectivity index (χ0) is 12.5. The monoisotopic (exact) mass is 250 g/mol. The van der Waals surface area contributed by atoms with Crippen LogP contribution in [-0.2, 0) is 9.84 Å². The van der Waals surface area contributed by atoms with Crippen molar-refractivity contribution in [3.8, 4) is 0 Å². The predicted molar refractivity (Wildman–Crippen MR) is 55.6 cm³/mol. The number of rotatable bonds is 3. The van der Waals surface area contributed by atoms with Crippen LogP contribution >= 0.6 is 0 Å². The minimum absolute atomic E-state index is 0.223. The molecule has 0 saturated heterocycles. The standard InChI is InChI=1S/C10H12F2O3S/c1-6(16(2,14)15)10(13)8-4-3-7(11)5-9(8)12/h3-6,10,13H,1-2H3. The quantitative estimate of drug-likeness (QED) is 0.883. The van der Waals surface area contributed by atoms with E-state index in [4.69, 9.17) is 0 Å². The van der Waals surface area contributed by atoms with Gasteiger partial charge < -0.3 is 5.11 Å². The molecule has 1 N–H and O–H groups in total. The van der Waals surface area contributed by atoms with Crippen molar-refractivity contribution >= 4 is 9.84 Å². The first-order valence-electron chi connectivity index (χ1n) is 4.55. The minimum atomic E-state index is -3.49. The van der Waals surface area contributed by atoms with Crippen LogP contribution in [0, 0.1) is 11.6 Å². The summed E-state index contributed by atoms with van der Waals surface area (Å²) in [6, 6.07) is 2.61. The summed E-state index contributed by atoms with van der Waals surface area (Å²) in [6.07, 6.45) is -0.557. The van der Waals surface area contributed by atoms with Crippen LogP contribution in [-0.4, -0.2) is 25.0 Å². The molecule has 1 aromatic carbocycles. The Morgan fingerprint density at radius 3 is 2.31 bits per heavy atom. The first kappa shape index (κ1) is 13.1. The van der Waals surface area contributed by atoms with E-state index in [9.17, 15) is 22.3 Å². The smallest absolute Gasteiger partial charge is 0.152 e. The van der Waals surface area contributed by atoms with E-state index in [2.05, 4.69) is 0 Å². The van der Waals surface area contributed by atoms with E-state index in [1.807, 2.05) is 0 Å². The molecule has 2 atom stereocenters. The highest BCUT2D eigenvalue weighted by molar-refractivity contribution is 7.91.